The smallest absolute Gasteiger partial charge is 0.140 e. The quantitative estimate of drug-likeness (QED) is 0.785. The van der Waals surface area contributed by atoms with Crippen LogP contribution in [0.25, 0.3) is 0 Å². The minimum atomic E-state index is 0.202. The first-order valence-corrected chi connectivity index (χ1v) is 5.35. The Balaban J connectivity index is 2.40. The summed E-state index contributed by atoms with van der Waals surface area (Å²) in [5.41, 5.74) is 8.38. The summed E-state index contributed by atoms with van der Waals surface area (Å²) in [7, 11) is 0. The maximum Gasteiger partial charge on any atom is 0.140 e. The molecule has 14 heavy (non-hydrogen) atoms. The molecule has 0 radical (unpaired) electrons. The molecule has 0 amide bonds. The summed E-state index contributed by atoms with van der Waals surface area (Å²) in [5, 5.41) is 4.14. The molecule has 2 rings (SSSR count). The molecule has 0 spiro atoms. The van der Waals surface area contributed by atoms with E-state index in [9.17, 15) is 0 Å². The Morgan fingerprint density at radius 2 is 2.14 bits per heavy atom. The lowest BCUT2D eigenvalue weighted by Crippen LogP contribution is -2.23. The van der Waals surface area contributed by atoms with Crippen molar-refractivity contribution in [1.29, 1.82) is 0 Å². The molecule has 0 saturated carbocycles. The molecule has 2 atom stereocenters. The monoisotopic (exact) mass is 194 g/mol. The molecule has 1 heterocycles. The predicted octanol–water partition coefficient (Wildman–Crippen LogP) is 2.18. The first-order valence-electron chi connectivity index (χ1n) is 5.35. The van der Waals surface area contributed by atoms with Gasteiger partial charge in [0.05, 0.1) is 5.69 Å². The summed E-state index contributed by atoms with van der Waals surface area (Å²) in [5.74, 6) is 1.95. The van der Waals surface area contributed by atoms with Crippen LogP contribution >= 0.6 is 0 Å². The van der Waals surface area contributed by atoms with E-state index in [1.165, 1.54) is 5.56 Å². The Bertz CT molecular complexity index is 328. The van der Waals surface area contributed by atoms with E-state index in [1.54, 1.807) is 0 Å². The van der Waals surface area contributed by atoms with Crippen molar-refractivity contribution >= 4 is 0 Å². The van der Waals surface area contributed by atoms with Gasteiger partial charge in [-0.2, -0.15) is 0 Å². The van der Waals surface area contributed by atoms with Gasteiger partial charge in [0.1, 0.15) is 5.76 Å². The standard InChI is InChI=1S/C11H18N2O/c1-6(2)11-10-8(7(3)12)4-5-9(10)14-13-11/h6-8H,4-5,12H2,1-3H3. The zero-order valence-electron chi connectivity index (χ0n) is 9.08. The molecule has 1 aliphatic rings. The van der Waals surface area contributed by atoms with Crippen LogP contribution in [0.4, 0.5) is 0 Å². The van der Waals surface area contributed by atoms with Gasteiger partial charge in [-0.3, -0.25) is 0 Å². The molecule has 2 unspecified atom stereocenters. The number of fused-ring (bicyclic) bond motifs is 1. The van der Waals surface area contributed by atoms with Gasteiger partial charge in [0.25, 0.3) is 0 Å². The highest BCUT2D eigenvalue weighted by molar-refractivity contribution is 5.34. The van der Waals surface area contributed by atoms with Crippen LogP contribution in [0, 0.1) is 0 Å². The largest absolute Gasteiger partial charge is 0.361 e. The van der Waals surface area contributed by atoms with Crippen LogP contribution in [-0.2, 0) is 6.42 Å². The lowest BCUT2D eigenvalue weighted by molar-refractivity contribution is 0.375. The van der Waals surface area contributed by atoms with Gasteiger partial charge >= 0.3 is 0 Å². The molecular weight excluding hydrogens is 176 g/mol. The van der Waals surface area contributed by atoms with Crippen molar-refractivity contribution in [3.8, 4) is 0 Å². The van der Waals surface area contributed by atoms with Crippen LogP contribution < -0.4 is 5.73 Å². The average molecular weight is 194 g/mol. The Kier molecular flexibility index (Phi) is 2.35. The molecule has 0 saturated heterocycles. The highest BCUT2D eigenvalue weighted by Crippen LogP contribution is 2.39. The van der Waals surface area contributed by atoms with Crippen LogP contribution in [0.5, 0.6) is 0 Å². The molecule has 1 aliphatic carbocycles. The summed E-state index contributed by atoms with van der Waals surface area (Å²) >= 11 is 0. The van der Waals surface area contributed by atoms with Crippen LogP contribution in [0.3, 0.4) is 0 Å². The third-order valence-corrected chi connectivity index (χ3v) is 3.07. The van der Waals surface area contributed by atoms with E-state index in [2.05, 4.69) is 25.9 Å². The molecule has 0 fully saturated rings. The predicted molar refractivity (Wildman–Crippen MR) is 55.3 cm³/mol. The minimum absolute atomic E-state index is 0.202. The van der Waals surface area contributed by atoms with E-state index in [0.717, 1.165) is 24.3 Å². The fourth-order valence-electron chi connectivity index (χ4n) is 2.30. The van der Waals surface area contributed by atoms with Gasteiger partial charge in [0, 0.05) is 23.9 Å². The van der Waals surface area contributed by atoms with Crippen LogP contribution in [-0.4, -0.2) is 11.2 Å². The van der Waals surface area contributed by atoms with E-state index in [0.29, 0.717) is 11.8 Å². The third kappa shape index (κ3) is 1.36. The molecule has 3 heteroatoms. The average Bonchev–Trinajstić information content (AvgIpc) is 2.59. The van der Waals surface area contributed by atoms with Crippen molar-refractivity contribution in [3.05, 3.63) is 17.0 Å². The molecule has 1 aromatic heterocycles. The SMILES string of the molecule is CC(C)c1noc2c1C(C(C)N)CC2. The van der Waals surface area contributed by atoms with E-state index in [-0.39, 0.29) is 6.04 Å². The normalized spacial score (nSPS) is 22.8. The number of hydrogen-bond donors (Lipinski definition) is 1. The number of nitrogens with zero attached hydrogens (tertiary/aromatic N) is 1. The molecule has 0 bridgehead atoms. The zero-order chi connectivity index (χ0) is 10.3. The Morgan fingerprint density at radius 3 is 2.71 bits per heavy atom. The van der Waals surface area contributed by atoms with Crippen molar-refractivity contribution in [3.63, 3.8) is 0 Å². The van der Waals surface area contributed by atoms with Crippen molar-refractivity contribution in [2.45, 2.75) is 51.5 Å². The van der Waals surface area contributed by atoms with Gasteiger partial charge < -0.3 is 10.3 Å². The summed E-state index contributed by atoms with van der Waals surface area (Å²) in [6, 6.07) is 0.202. The first kappa shape index (κ1) is 9.71. The van der Waals surface area contributed by atoms with E-state index < -0.39 is 0 Å². The maximum atomic E-state index is 5.97. The third-order valence-electron chi connectivity index (χ3n) is 3.07. The highest BCUT2D eigenvalue weighted by Gasteiger charge is 2.33. The lowest BCUT2D eigenvalue weighted by Gasteiger charge is -2.16. The molecule has 78 valence electrons. The van der Waals surface area contributed by atoms with Crippen molar-refractivity contribution in [2.24, 2.45) is 5.73 Å². The van der Waals surface area contributed by atoms with Crippen LogP contribution in [0.2, 0.25) is 0 Å². The van der Waals surface area contributed by atoms with Gasteiger partial charge in [-0.15, -0.1) is 0 Å². The van der Waals surface area contributed by atoms with Crippen molar-refractivity contribution in [1.82, 2.24) is 5.16 Å². The van der Waals surface area contributed by atoms with Crippen LogP contribution in [0.15, 0.2) is 4.52 Å². The van der Waals surface area contributed by atoms with Gasteiger partial charge in [0.15, 0.2) is 0 Å². The number of nitrogens with two attached hydrogens (primary N) is 1. The number of aromatic nitrogens is 1. The molecule has 0 aliphatic heterocycles. The molecule has 3 nitrogen and oxygen atoms in total. The van der Waals surface area contributed by atoms with Gasteiger partial charge in [-0.1, -0.05) is 19.0 Å². The second-order valence-electron chi connectivity index (χ2n) is 4.56. The second-order valence-corrected chi connectivity index (χ2v) is 4.56. The molecule has 1 aromatic rings. The Morgan fingerprint density at radius 1 is 1.43 bits per heavy atom. The van der Waals surface area contributed by atoms with Gasteiger partial charge in [0.2, 0.25) is 0 Å². The van der Waals surface area contributed by atoms with Gasteiger partial charge in [-0.05, 0) is 19.3 Å². The van der Waals surface area contributed by atoms with Crippen molar-refractivity contribution < 1.29 is 4.52 Å². The minimum Gasteiger partial charge on any atom is -0.361 e. The molecule has 2 N–H and O–H groups in total. The summed E-state index contributed by atoms with van der Waals surface area (Å²) in [6.45, 7) is 6.36. The maximum absolute atomic E-state index is 5.97. The fraction of sp³-hybridized carbons (Fsp3) is 0.727. The molecular formula is C11H18N2O. The first-order chi connectivity index (χ1) is 6.61. The summed E-state index contributed by atoms with van der Waals surface area (Å²) < 4.78 is 5.34. The van der Waals surface area contributed by atoms with Gasteiger partial charge in [-0.25, -0.2) is 0 Å². The highest BCUT2D eigenvalue weighted by atomic mass is 16.5. The van der Waals surface area contributed by atoms with Crippen molar-refractivity contribution in [2.75, 3.05) is 0 Å². The lowest BCUT2D eigenvalue weighted by atomic mass is 9.92. The number of aryl methyl sites for hydroxylation is 1. The van der Waals surface area contributed by atoms with Crippen LogP contribution in [0.1, 0.15) is 56.0 Å². The summed E-state index contributed by atoms with van der Waals surface area (Å²) in [6.07, 6.45) is 2.12. The van der Waals surface area contributed by atoms with E-state index >= 15 is 0 Å². The van der Waals surface area contributed by atoms with E-state index in [4.69, 9.17) is 10.3 Å². The zero-order valence-corrected chi connectivity index (χ0v) is 9.08. The number of rotatable bonds is 2. The topological polar surface area (TPSA) is 52.0 Å². The number of hydrogen-bond acceptors (Lipinski definition) is 3. The fourth-order valence-corrected chi connectivity index (χ4v) is 2.30. The molecule has 0 aromatic carbocycles. The summed E-state index contributed by atoms with van der Waals surface area (Å²) in [4.78, 5) is 0. The van der Waals surface area contributed by atoms with E-state index in [1.807, 2.05) is 0 Å². The Hall–Kier alpha value is -0.830. The Labute approximate surface area is 84.7 Å². The second kappa shape index (κ2) is 3.39.